The van der Waals surface area contributed by atoms with Crippen LogP contribution in [0.2, 0.25) is 0 Å². The molecule has 0 aliphatic carbocycles. The zero-order valence-corrected chi connectivity index (χ0v) is 13.4. The van der Waals surface area contributed by atoms with Gasteiger partial charge in [-0.05, 0) is 35.9 Å². The summed E-state index contributed by atoms with van der Waals surface area (Å²) in [6, 6.07) is 16.2. The van der Waals surface area contributed by atoms with Gasteiger partial charge in [-0.2, -0.15) is 5.26 Å². The summed E-state index contributed by atoms with van der Waals surface area (Å²) in [6.07, 6.45) is 1.54. The predicted molar refractivity (Wildman–Crippen MR) is 89.4 cm³/mol. The second kappa shape index (κ2) is 7.43. The standard InChI is InChI=1S/C17H13BrN2O2/c1-22-16-4-2-3-15(10-16)20-17(21)13(11-19)9-12-5-7-14(18)8-6-12/h2-10H,1H3,(H,20,21)/b13-9+. The Hall–Kier alpha value is -2.58. The lowest BCUT2D eigenvalue weighted by molar-refractivity contribution is -0.112. The highest BCUT2D eigenvalue weighted by Gasteiger charge is 2.09. The van der Waals surface area contributed by atoms with Crippen LogP contribution in [0.3, 0.4) is 0 Å². The maximum Gasteiger partial charge on any atom is 0.266 e. The molecule has 2 aromatic carbocycles. The van der Waals surface area contributed by atoms with E-state index in [1.165, 1.54) is 0 Å². The van der Waals surface area contributed by atoms with E-state index < -0.39 is 5.91 Å². The van der Waals surface area contributed by atoms with Gasteiger partial charge < -0.3 is 10.1 Å². The van der Waals surface area contributed by atoms with E-state index in [-0.39, 0.29) is 5.57 Å². The molecule has 0 fully saturated rings. The first-order chi connectivity index (χ1) is 10.6. The minimum atomic E-state index is -0.460. The molecule has 0 unspecified atom stereocenters. The lowest BCUT2D eigenvalue weighted by Crippen LogP contribution is -2.13. The second-order valence-corrected chi connectivity index (χ2v) is 5.32. The van der Waals surface area contributed by atoms with Gasteiger partial charge in [0, 0.05) is 16.2 Å². The summed E-state index contributed by atoms with van der Waals surface area (Å²) in [5, 5.41) is 11.9. The number of carbonyl (C=O) groups is 1. The molecule has 1 N–H and O–H groups in total. The Kier molecular flexibility index (Phi) is 5.34. The molecule has 0 atom stereocenters. The van der Waals surface area contributed by atoms with E-state index in [1.807, 2.05) is 30.3 Å². The fraction of sp³-hybridized carbons (Fsp3) is 0.0588. The van der Waals surface area contributed by atoms with Crippen molar-refractivity contribution in [3.05, 3.63) is 64.1 Å². The van der Waals surface area contributed by atoms with E-state index in [0.717, 1.165) is 10.0 Å². The van der Waals surface area contributed by atoms with Gasteiger partial charge in [0.2, 0.25) is 0 Å². The van der Waals surface area contributed by atoms with Crippen LogP contribution in [0.4, 0.5) is 5.69 Å². The van der Waals surface area contributed by atoms with Crippen molar-refractivity contribution in [2.75, 3.05) is 12.4 Å². The summed E-state index contributed by atoms with van der Waals surface area (Å²) >= 11 is 3.34. The van der Waals surface area contributed by atoms with Gasteiger partial charge in [-0.15, -0.1) is 0 Å². The molecule has 5 heteroatoms. The number of nitriles is 1. The van der Waals surface area contributed by atoms with E-state index in [4.69, 9.17) is 4.74 Å². The average Bonchev–Trinajstić information content (AvgIpc) is 2.54. The van der Waals surface area contributed by atoms with Gasteiger partial charge in [0.1, 0.15) is 17.4 Å². The number of methoxy groups -OCH3 is 1. The summed E-state index contributed by atoms with van der Waals surface area (Å²) in [7, 11) is 1.55. The Labute approximate surface area is 137 Å². The number of benzene rings is 2. The van der Waals surface area contributed by atoms with Gasteiger partial charge in [0.25, 0.3) is 5.91 Å². The highest BCUT2D eigenvalue weighted by atomic mass is 79.9. The van der Waals surface area contributed by atoms with Gasteiger partial charge >= 0.3 is 0 Å². The molecular weight excluding hydrogens is 344 g/mol. The highest BCUT2D eigenvalue weighted by Crippen LogP contribution is 2.18. The van der Waals surface area contributed by atoms with Crippen LogP contribution < -0.4 is 10.1 Å². The van der Waals surface area contributed by atoms with E-state index in [1.54, 1.807) is 37.5 Å². The van der Waals surface area contributed by atoms with Crippen molar-refractivity contribution in [2.45, 2.75) is 0 Å². The number of anilines is 1. The quantitative estimate of drug-likeness (QED) is 0.665. The van der Waals surface area contributed by atoms with Gasteiger partial charge in [0.15, 0.2) is 0 Å². The van der Waals surface area contributed by atoms with Gasteiger partial charge in [-0.1, -0.05) is 34.1 Å². The summed E-state index contributed by atoms with van der Waals surface area (Å²) in [5.74, 6) is 0.173. The Morgan fingerprint density at radius 3 is 2.64 bits per heavy atom. The van der Waals surface area contributed by atoms with E-state index in [9.17, 15) is 10.1 Å². The molecule has 110 valence electrons. The Morgan fingerprint density at radius 1 is 1.27 bits per heavy atom. The molecule has 0 spiro atoms. The third-order valence-electron chi connectivity index (χ3n) is 2.87. The molecule has 4 nitrogen and oxygen atoms in total. The first kappa shape index (κ1) is 15.8. The molecule has 0 aromatic heterocycles. The predicted octanol–water partition coefficient (Wildman–Crippen LogP) is 4.00. The van der Waals surface area contributed by atoms with Gasteiger partial charge in [0.05, 0.1) is 7.11 Å². The van der Waals surface area contributed by atoms with E-state index in [0.29, 0.717) is 11.4 Å². The number of nitrogens with one attached hydrogen (secondary N) is 1. The van der Waals surface area contributed by atoms with Crippen LogP contribution in [0.25, 0.3) is 6.08 Å². The molecule has 0 saturated carbocycles. The number of ether oxygens (including phenoxy) is 1. The normalized spacial score (nSPS) is 10.7. The average molecular weight is 357 g/mol. The number of rotatable bonds is 4. The number of carbonyl (C=O) groups excluding carboxylic acids is 1. The third kappa shape index (κ3) is 4.21. The van der Waals surface area contributed by atoms with Crippen LogP contribution in [0, 0.1) is 11.3 Å². The van der Waals surface area contributed by atoms with Crippen LogP contribution in [-0.4, -0.2) is 13.0 Å². The van der Waals surface area contributed by atoms with Crippen LogP contribution in [0.5, 0.6) is 5.75 Å². The number of hydrogen-bond donors (Lipinski definition) is 1. The maximum atomic E-state index is 12.2. The van der Waals surface area contributed by atoms with Crippen LogP contribution in [0.15, 0.2) is 58.6 Å². The highest BCUT2D eigenvalue weighted by molar-refractivity contribution is 9.10. The van der Waals surface area contributed by atoms with Crippen LogP contribution in [-0.2, 0) is 4.79 Å². The van der Waals surface area contributed by atoms with Crippen molar-refractivity contribution in [3.63, 3.8) is 0 Å². The number of amides is 1. The molecule has 0 radical (unpaired) electrons. The lowest BCUT2D eigenvalue weighted by Gasteiger charge is -2.06. The molecule has 2 aromatic rings. The topological polar surface area (TPSA) is 62.1 Å². The summed E-state index contributed by atoms with van der Waals surface area (Å²) < 4.78 is 6.03. The Balaban J connectivity index is 2.18. The number of nitrogens with zero attached hydrogens (tertiary/aromatic N) is 1. The van der Waals surface area contributed by atoms with Crippen molar-refractivity contribution in [3.8, 4) is 11.8 Å². The minimum Gasteiger partial charge on any atom is -0.497 e. The van der Waals surface area contributed by atoms with Crippen LogP contribution in [0.1, 0.15) is 5.56 Å². The van der Waals surface area contributed by atoms with Gasteiger partial charge in [-0.3, -0.25) is 4.79 Å². The largest absolute Gasteiger partial charge is 0.497 e. The summed E-state index contributed by atoms with van der Waals surface area (Å²) in [4.78, 5) is 12.2. The number of hydrogen-bond acceptors (Lipinski definition) is 3. The monoisotopic (exact) mass is 356 g/mol. The van der Waals surface area contributed by atoms with Gasteiger partial charge in [-0.25, -0.2) is 0 Å². The fourth-order valence-electron chi connectivity index (χ4n) is 1.77. The van der Waals surface area contributed by atoms with Crippen molar-refractivity contribution < 1.29 is 9.53 Å². The molecule has 22 heavy (non-hydrogen) atoms. The molecule has 2 rings (SSSR count). The SMILES string of the molecule is COc1cccc(NC(=O)/C(C#N)=C/c2ccc(Br)cc2)c1. The van der Waals surface area contributed by atoms with E-state index in [2.05, 4.69) is 21.2 Å². The molecule has 0 aliphatic rings. The van der Waals surface area contributed by atoms with Crippen molar-refractivity contribution in [1.29, 1.82) is 5.26 Å². The molecule has 0 bridgehead atoms. The fourth-order valence-corrected chi connectivity index (χ4v) is 2.04. The molecule has 0 heterocycles. The minimum absolute atomic E-state index is 0.0325. The first-order valence-corrected chi connectivity index (χ1v) is 7.24. The second-order valence-electron chi connectivity index (χ2n) is 4.41. The van der Waals surface area contributed by atoms with Crippen molar-refractivity contribution >= 4 is 33.6 Å². The number of halogens is 1. The van der Waals surface area contributed by atoms with Crippen LogP contribution >= 0.6 is 15.9 Å². The molecule has 0 aliphatic heterocycles. The lowest BCUT2D eigenvalue weighted by atomic mass is 10.1. The first-order valence-electron chi connectivity index (χ1n) is 6.45. The molecule has 1 amide bonds. The Bertz CT molecular complexity index is 746. The molecule has 0 saturated heterocycles. The van der Waals surface area contributed by atoms with Crippen molar-refractivity contribution in [2.24, 2.45) is 0 Å². The maximum absolute atomic E-state index is 12.2. The van der Waals surface area contributed by atoms with Crippen molar-refractivity contribution in [1.82, 2.24) is 0 Å². The zero-order valence-electron chi connectivity index (χ0n) is 11.8. The van der Waals surface area contributed by atoms with E-state index >= 15 is 0 Å². The summed E-state index contributed by atoms with van der Waals surface area (Å²) in [6.45, 7) is 0. The smallest absolute Gasteiger partial charge is 0.266 e. The summed E-state index contributed by atoms with van der Waals surface area (Å²) in [5.41, 5.74) is 1.38. The molecular formula is C17H13BrN2O2. The third-order valence-corrected chi connectivity index (χ3v) is 3.40. The zero-order chi connectivity index (χ0) is 15.9. The Morgan fingerprint density at radius 2 is 2.00 bits per heavy atom.